The van der Waals surface area contributed by atoms with Crippen LogP contribution in [0.5, 0.6) is 0 Å². The zero-order chi connectivity index (χ0) is 16.1. The molecule has 0 saturated carbocycles. The second-order valence-electron chi connectivity index (χ2n) is 8.17. The van der Waals surface area contributed by atoms with Crippen molar-refractivity contribution in [1.29, 1.82) is 0 Å². The van der Waals surface area contributed by atoms with Gasteiger partial charge in [0.1, 0.15) is 0 Å². The Morgan fingerprint density at radius 3 is 2.14 bits per heavy atom. The first kappa shape index (κ1) is 19.4. The standard InChI is InChI=1S/C16H38N2OSi2/c1-6-7-8-9-10-11-13-16(17,18)15-12-14-20(2,3)21(4,5)19-15/h15H,6-14,17-18H2,1-5H3. The number of rotatable bonds is 8. The third kappa shape index (κ3) is 5.46. The lowest BCUT2D eigenvalue weighted by atomic mass is 9.95. The maximum absolute atomic E-state index is 6.50. The smallest absolute Gasteiger partial charge is 0.174 e. The van der Waals surface area contributed by atoms with Crippen molar-refractivity contribution < 1.29 is 4.43 Å². The molecule has 1 aliphatic heterocycles. The predicted octanol–water partition coefficient (Wildman–Crippen LogP) is 4.13. The zero-order valence-electron chi connectivity index (χ0n) is 15.0. The normalized spacial score (nSPS) is 25.0. The van der Waals surface area contributed by atoms with Crippen molar-refractivity contribution in [3.63, 3.8) is 0 Å². The molecular weight excluding hydrogens is 292 g/mol. The molecule has 0 aromatic rings. The second-order valence-corrected chi connectivity index (χ2v) is 23.4. The SMILES string of the molecule is CCCCCCCCC(N)(N)C1CC[Si](C)(C)[Si](C)(C)O1. The molecule has 4 N–H and O–H groups in total. The lowest BCUT2D eigenvalue weighted by molar-refractivity contribution is 0.0897. The van der Waals surface area contributed by atoms with E-state index in [1.165, 1.54) is 38.1 Å². The van der Waals surface area contributed by atoms with Gasteiger partial charge in [0.15, 0.2) is 7.83 Å². The Hall–Kier alpha value is 0.314. The predicted molar refractivity (Wildman–Crippen MR) is 98.4 cm³/mol. The molecule has 1 atom stereocenters. The van der Waals surface area contributed by atoms with Crippen LogP contribution in [0, 0.1) is 0 Å². The van der Waals surface area contributed by atoms with E-state index < -0.39 is 21.1 Å². The molecule has 21 heavy (non-hydrogen) atoms. The number of hydrogen-bond donors (Lipinski definition) is 2. The molecule has 0 aromatic carbocycles. The van der Waals surface area contributed by atoms with Crippen molar-refractivity contribution in [3.8, 4) is 0 Å². The summed E-state index contributed by atoms with van der Waals surface area (Å²) in [6.07, 6.45) is 9.75. The monoisotopic (exact) mass is 330 g/mol. The highest BCUT2D eigenvalue weighted by Gasteiger charge is 2.50. The van der Waals surface area contributed by atoms with Crippen LogP contribution in [0.15, 0.2) is 0 Å². The quantitative estimate of drug-likeness (QED) is 0.399. The molecule has 0 aliphatic carbocycles. The van der Waals surface area contributed by atoms with Crippen molar-refractivity contribution in [2.75, 3.05) is 0 Å². The molecule has 1 unspecified atom stereocenters. The fourth-order valence-corrected chi connectivity index (χ4v) is 9.69. The summed E-state index contributed by atoms with van der Waals surface area (Å²) in [5.41, 5.74) is 12.2. The van der Waals surface area contributed by atoms with Crippen LogP contribution in [0.3, 0.4) is 0 Å². The Labute approximate surface area is 134 Å². The third-order valence-corrected chi connectivity index (χ3v) is 22.2. The zero-order valence-corrected chi connectivity index (χ0v) is 17.0. The van der Waals surface area contributed by atoms with Gasteiger partial charge in [0.05, 0.1) is 19.4 Å². The Balaban J connectivity index is 2.41. The van der Waals surface area contributed by atoms with Crippen molar-refractivity contribution in [2.24, 2.45) is 11.5 Å². The van der Waals surface area contributed by atoms with E-state index in [2.05, 4.69) is 33.1 Å². The second kappa shape index (κ2) is 7.73. The summed E-state index contributed by atoms with van der Waals surface area (Å²) in [7, 11) is -2.76. The average Bonchev–Trinajstić information content (AvgIpc) is 2.37. The highest BCUT2D eigenvalue weighted by molar-refractivity contribution is 7.38. The van der Waals surface area contributed by atoms with E-state index in [1.54, 1.807) is 0 Å². The molecule has 126 valence electrons. The average molecular weight is 331 g/mol. The Bertz CT molecular complexity index is 319. The van der Waals surface area contributed by atoms with Gasteiger partial charge < -0.3 is 15.9 Å². The minimum absolute atomic E-state index is 0.0790. The molecule has 1 aliphatic rings. The van der Waals surface area contributed by atoms with Gasteiger partial charge in [-0.3, -0.25) is 0 Å². The molecule has 5 heteroatoms. The van der Waals surface area contributed by atoms with Crippen molar-refractivity contribution >= 4 is 15.4 Å². The first-order chi connectivity index (χ1) is 9.62. The molecule has 1 saturated heterocycles. The largest absolute Gasteiger partial charge is 0.414 e. The number of hydrogen-bond acceptors (Lipinski definition) is 3. The first-order valence-electron chi connectivity index (χ1n) is 8.88. The van der Waals surface area contributed by atoms with Crippen LogP contribution in [-0.2, 0) is 4.43 Å². The van der Waals surface area contributed by atoms with Gasteiger partial charge in [0.25, 0.3) is 0 Å². The van der Waals surface area contributed by atoms with Crippen molar-refractivity contribution in [2.45, 2.75) is 102 Å². The molecule has 0 aromatic heterocycles. The van der Waals surface area contributed by atoms with Crippen LogP contribution < -0.4 is 11.5 Å². The number of nitrogens with two attached hydrogens (primary N) is 2. The summed E-state index contributed by atoms with van der Waals surface area (Å²) < 4.78 is 6.50. The third-order valence-electron chi connectivity index (χ3n) is 5.66. The maximum Gasteiger partial charge on any atom is 0.174 e. The number of unbranched alkanes of at least 4 members (excludes halogenated alkanes) is 5. The van der Waals surface area contributed by atoms with Gasteiger partial charge >= 0.3 is 0 Å². The Morgan fingerprint density at radius 2 is 1.57 bits per heavy atom. The molecular formula is C16H38N2OSi2. The summed E-state index contributed by atoms with van der Waals surface area (Å²) in [6.45, 7) is 11.9. The van der Waals surface area contributed by atoms with Crippen LogP contribution in [0.1, 0.15) is 58.3 Å². The molecule has 1 rings (SSSR count). The van der Waals surface area contributed by atoms with Gasteiger partial charge in [-0.2, -0.15) is 0 Å². The van der Waals surface area contributed by atoms with Gasteiger partial charge in [-0.15, -0.1) is 0 Å². The van der Waals surface area contributed by atoms with Crippen molar-refractivity contribution in [3.05, 3.63) is 0 Å². The Morgan fingerprint density at radius 1 is 1.00 bits per heavy atom. The summed E-state index contributed by atoms with van der Waals surface area (Å²) in [6, 6.07) is 1.32. The maximum atomic E-state index is 6.50. The van der Waals surface area contributed by atoms with E-state index in [0.29, 0.717) is 0 Å². The van der Waals surface area contributed by atoms with E-state index in [4.69, 9.17) is 15.9 Å². The highest BCUT2D eigenvalue weighted by Crippen LogP contribution is 2.36. The van der Waals surface area contributed by atoms with Gasteiger partial charge in [-0.25, -0.2) is 0 Å². The molecule has 0 bridgehead atoms. The molecule has 1 fully saturated rings. The highest BCUT2D eigenvalue weighted by atomic mass is 29.3. The summed E-state index contributed by atoms with van der Waals surface area (Å²) >= 11 is 0. The lowest BCUT2D eigenvalue weighted by Crippen LogP contribution is -2.69. The van der Waals surface area contributed by atoms with Crippen LogP contribution in [0.2, 0.25) is 32.2 Å². The van der Waals surface area contributed by atoms with Gasteiger partial charge in [-0.1, -0.05) is 64.6 Å². The van der Waals surface area contributed by atoms with Crippen molar-refractivity contribution in [1.82, 2.24) is 0 Å². The molecule has 0 spiro atoms. The first-order valence-corrected chi connectivity index (χ1v) is 16.0. The molecule has 1 heterocycles. The van der Waals surface area contributed by atoms with Crippen LogP contribution in [0.25, 0.3) is 0 Å². The van der Waals surface area contributed by atoms with E-state index in [9.17, 15) is 0 Å². The lowest BCUT2D eigenvalue weighted by Gasteiger charge is -2.49. The summed E-state index contributed by atoms with van der Waals surface area (Å²) in [4.78, 5) is 0. The van der Waals surface area contributed by atoms with Crippen LogP contribution >= 0.6 is 0 Å². The summed E-state index contributed by atoms with van der Waals surface area (Å²) in [5, 5.41) is 0. The Kier molecular flexibility index (Phi) is 7.12. The summed E-state index contributed by atoms with van der Waals surface area (Å²) in [5.74, 6) is 0. The van der Waals surface area contributed by atoms with E-state index in [0.717, 1.165) is 19.3 Å². The van der Waals surface area contributed by atoms with Crippen LogP contribution in [-0.4, -0.2) is 27.2 Å². The minimum Gasteiger partial charge on any atom is -0.414 e. The fraction of sp³-hybridized carbons (Fsp3) is 1.00. The van der Waals surface area contributed by atoms with E-state index >= 15 is 0 Å². The van der Waals surface area contributed by atoms with E-state index in [-0.39, 0.29) is 6.10 Å². The minimum atomic E-state index is -1.58. The van der Waals surface area contributed by atoms with Gasteiger partial charge in [-0.05, 0) is 25.9 Å². The van der Waals surface area contributed by atoms with Gasteiger partial charge in [0.2, 0.25) is 0 Å². The topological polar surface area (TPSA) is 61.3 Å². The van der Waals surface area contributed by atoms with E-state index in [1.807, 2.05) is 0 Å². The molecule has 0 amide bonds. The fourth-order valence-electron chi connectivity index (χ4n) is 3.12. The van der Waals surface area contributed by atoms with Gasteiger partial charge in [0, 0.05) is 0 Å². The molecule has 0 radical (unpaired) electrons. The molecule has 3 nitrogen and oxygen atoms in total. The van der Waals surface area contributed by atoms with Crippen LogP contribution in [0.4, 0.5) is 0 Å².